The van der Waals surface area contributed by atoms with E-state index in [0.29, 0.717) is 6.04 Å². The molecular weight excluding hydrogens is 206 g/mol. The molecule has 3 rings (SSSR count). The van der Waals surface area contributed by atoms with Crippen molar-refractivity contribution in [3.05, 3.63) is 35.4 Å². The molecule has 1 aliphatic carbocycles. The zero-order chi connectivity index (χ0) is 11.5. The standard InChI is InChI=1S/C16H23N/c1-2-5-13(6-3-1)14-8-10-15(11-9-14)16-7-4-12-17-16/h8-11,13,16-17H,1-7,12H2. The second-order valence-corrected chi connectivity index (χ2v) is 5.65. The lowest BCUT2D eigenvalue weighted by molar-refractivity contribution is 0.443. The van der Waals surface area contributed by atoms with Crippen molar-refractivity contribution in [2.75, 3.05) is 6.54 Å². The summed E-state index contributed by atoms with van der Waals surface area (Å²) in [5.41, 5.74) is 3.06. The molecule has 1 aromatic rings. The van der Waals surface area contributed by atoms with Crippen LogP contribution < -0.4 is 5.32 Å². The first-order chi connectivity index (χ1) is 8.43. The molecule has 2 aliphatic rings. The minimum Gasteiger partial charge on any atom is -0.310 e. The van der Waals surface area contributed by atoms with Crippen LogP contribution in [-0.2, 0) is 0 Å². The maximum atomic E-state index is 3.57. The Bertz CT molecular complexity index is 342. The van der Waals surface area contributed by atoms with Crippen molar-refractivity contribution in [3.63, 3.8) is 0 Å². The van der Waals surface area contributed by atoms with Gasteiger partial charge in [0.05, 0.1) is 0 Å². The Hall–Kier alpha value is -0.820. The molecule has 92 valence electrons. The Labute approximate surface area is 105 Å². The predicted molar refractivity (Wildman–Crippen MR) is 72.2 cm³/mol. The van der Waals surface area contributed by atoms with Crippen LogP contribution in [0.15, 0.2) is 24.3 Å². The minimum atomic E-state index is 0.621. The number of nitrogens with one attached hydrogen (secondary N) is 1. The van der Waals surface area contributed by atoms with Crippen molar-refractivity contribution >= 4 is 0 Å². The van der Waals surface area contributed by atoms with E-state index in [9.17, 15) is 0 Å². The van der Waals surface area contributed by atoms with Gasteiger partial charge >= 0.3 is 0 Å². The molecule has 17 heavy (non-hydrogen) atoms. The van der Waals surface area contributed by atoms with Gasteiger partial charge in [-0.2, -0.15) is 0 Å². The van der Waals surface area contributed by atoms with E-state index >= 15 is 0 Å². The number of hydrogen-bond acceptors (Lipinski definition) is 1. The number of benzene rings is 1. The Morgan fingerprint density at radius 1 is 0.765 bits per heavy atom. The number of rotatable bonds is 2. The average Bonchev–Trinajstić information content (AvgIpc) is 2.94. The molecule has 0 bridgehead atoms. The summed E-state index contributed by atoms with van der Waals surface area (Å²) in [5, 5.41) is 3.57. The van der Waals surface area contributed by atoms with Gasteiger partial charge in [0.2, 0.25) is 0 Å². The van der Waals surface area contributed by atoms with Crippen molar-refractivity contribution in [3.8, 4) is 0 Å². The molecule has 1 saturated heterocycles. The SMILES string of the molecule is c1cc(C2CCCN2)ccc1C1CCCCC1. The molecule has 1 atom stereocenters. The van der Waals surface area contributed by atoms with Gasteiger partial charge in [-0.25, -0.2) is 0 Å². The van der Waals surface area contributed by atoms with E-state index in [1.165, 1.54) is 57.1 Å². The van der Waals surface area contributed by atoms with Crippen LogP contribution >= 0.6 is 0 Å². The van der Waals surface area contributed by atoms with E-state index in [1.807, 2.05) is 0 Å². The van der Waals surface area contributed by atoms with E-state index in [2.05, 4.69) is 29.6 Å². The van der Waals surface area contributed by atoms with Crippen LogP contribution in [0.1, 0.15) is 68.0 Å². The van der Waals surface area contributed by atoms with Crippen molar-refractivity contribution in [2.24, 2.45) is 0 Å². The highest BCUT2D eigenvalue weighted by Gasteiger charge is 2.18. The van der Waals surface area contributed by atoms with Gasteiger partial charge in [0.1, 0.15) is 0 Å². The van der Waals surface area contributed by atoms with E-state index in [0.717, 1.165) is 5.92 Å². The van der Waals surface area contributed by atoms with E-state index in [1.54, 1.807) is 5.56 Å². The molecule has 2 fully saturated rings. The van der Waals surface area contributed by atoms with Gasteiger partial charge in [-0.3, -0.25) is 0 Å². The summed E-state index contributed by atoms with van der Waals surface area (Å²) in [5.74, 6) is 0.842. The highest BCUT2D eigenvalue weighted by Crippen LogP contribution is 2.33. The summed E-state index contributed by atoms with van der Waals surface area (Å²) in [6, 6.07) is 10.1. The Morgan fingerprint density at radius 2 is 1.47 bits per heavy atom. The first-order valence-corrected chi connectivity index (χ1v) is 7.27. The first kappa shape index (κ1) is 11.3. The molecule has 0 spiro atoms. The lowest BCUT2D eigenvalue weighted by atomic mass is 9.83. The molecule has 0 amide bonds. The molecule has 1 nitrogen and oxygen atoms in total. The monoisotopic (exact) mass is 229 g/mol. The van der Waals surface area contributed by atoms with E-state index in [-0.39, 0.29) is 0 Å². The lowest BCUT2D eigenvalue weighted by Crippen LogP contribution is -2.13. The highest BCUT2D eigenvalue weighted by molar-refractivity contribution is 5.28. The highest BCUT2D eigenvalue weighted by atomic mass is 14.9. The summed E-state index contributed by atoms with van der Waals surface area (Å²) in [4.78, 5) is 0. The third-order valence-corrected chi connectivity index (χ3v) is 4.48. The molecular formula is C16H23N. The summed E-state index contributed by atoms with van der Waals surface area (Å²) in [7, 11) is 0. The fraction of sp³-hybridized carbons (Fsp3) is 0.625. The fourth-order valence-electron chi connectivity index (χ4n) is 3.41. The molecule has 1 saturated carbocycles. The van der Waals surface area contributed by atoms with Gasteiger partial charge in [-0.15, -0.1) is 0 Å². The Morgan fingerprint density at radius 3 is 2.12 bits per heavy atom. The van der Waals surface area contributed by atoms with Crippen LogP contribution in [0, 0.1) is 0 Å². The largest absolute Gasteiger partial charge is 0.310 e. The molecule has 1 aromatic carbocycles. The lowest BCUT2D eigenvalue weighted by Gasteiger charge is -2.22. The van der Waals surface area contributed by atoms with Gasteiger partial charge in [-0.1, -0.05) is 43.5 Å². The van der Waals surface area contributed by atoms with E-state index in [4.69, 9.17) is 0 Å². The van der Waals surface area contributed by atoms with Crippen LogP contribution in [0.4, 0.5) is 0 Å². The third kappa shape index (κ3) is 2.55. The third-order valence-electron chi connectivity index (χ3n) is 4.48. The summed E-state index contributed by atoms with van der Waals surface area (Å²) >= 11 is 0. The van der Waals surface area contributed by atoms with Crippen LogP contribution in [0.5, 0.6) is 0 Å². The molecule has 1 aliphatic heterocycles. The molecule has 1 unspecified atom stereocenters. The number of hydrogen-bond donors (Lipinski definition) is 1. The predicted octanol–water partition coefficient (Wildman–Crippen LogP) is 4.16. The maximum absolute atomic E-state index is 3.57. The zero-order valence-electron chi connectivity index (χ0n) is 10.6. The van der Waals surface area contributed by atoms with Crippen LogP contribution in [0.3, 0.4) is 0 Å². The van der Waals surface area contributed by atoms with Gasteiger partial charge in [-0.05, 0) is 49.3 Å². The van der Waals surface area contributed by atoms with Crippen molar-refractivity contribution in [1.82, 2.24) is 5.32 Å². The van der Waals surface area contributed by atoms with Crippen molar-refractivity contribution in [1.29, 1.82) is 0 Å². The minimum absolute atomic E-state index is 0.621. The summed E-state index contributed by atoms with van der Waals surface area (Å²) in [6.45, 7) is 1.19. The fourth-order valence-corrected chi connectivity index (χ4v) is 3.41. The van der Waals surface area contributed by atoms with E-state index < -0.39 is 0 Å². The first-order valence-electron chi connectivity index (χ1n) is 7.27. The van der Waals surface area contributed by atoms with Crippen molar-refractivity contribution in [2.45, 2.75) is 56.9 Å². The van der Waals surface area contributed by atoms with Gasteiger partial charge in [0, 0.05) is 6.04 Å². The van der Waals surface area contributed by atoms with Crippen LogP contribution in [0.25, 0.3) is 0 Å². The molecule has 1 heterocycles. The molecule has 0 aromatic heterocycles. The van der Waals surface area contributed by atoms with Crippen LogP contribution in [0.2, 0.25) is 0 Å². The van der Waals surface area contributed by atoms with Gasteiger partial charge < -0.3 is 5.32 Å². The maximum Gasteiger partial charge on any atom is 0.0320 e. The smallest absolute Gasteiger partial charge is 0.0320 e. The normalized spacial score (nSPS) is 26.2. The second-order valence-electron chi connectivity index (χ2n) is 5.65. The topological polar surface area (TPSA) is 12.0 Å². The quantitative estimate of drug-likeness (QED) is 0.803. The zero-order valence-corrected chi connectivity index (χ0v) is 10.6. The summed E-state index contributed by atoms with van der Waals surface area (Å²) < 4.78 is 0. The van der Waals surface area contributed by atoms with Crippen molar-refractivity contribution < 1.29 is 0 Å². The van der Waals surface area contributed by atoms with Gasteiger partial charge in [0.25, 0.3) is 0 Å². The average molecular weight is 229 g/mol. The Kier molecular flexibility index (Phi) is 3.46. The molecule has 1 heteroatoms. The van der Waals surface area contributed by atoms with Crippen LogP contribution in [-0.4, -0.2) is 6.54 Å². The molecule has 0 radical (unpaired) electrons. The molecule has 1 N–H and O–H groups in total. The second kappa shape index (κ2) is 5.22. The summed E-state index contributed by atoms with van der Waals surface area (Å²) in [6.07, 6.45) is 9.74. The Balaban J connectivity index is 1.70. The van der Waals surface area contributed by atoms with Gasteiger partial charge in [0.15, 0.2) is 0 Å².